The molecule has 0 radical (unpaired) electrons. The van der Waals surface area contributed by atoms with Crippen molar-refractivity contribution in [1.29, 1.82) is 0 Å². The van der Waals surface area contributed by atoms with Gasteiger partial charge in [0.1, 0.15) is 11.3 Å². The van der Waals surface area contributed by atoms with Crippen molar-refractivity contribution in [3.8, 4) is 5.75 Å². The number of urea groups is 1. The first-order chi connectivity index (χ1) is 13.4. The molecule has 0 saturated carbocycles. The minimum atomic E-state index is -0.768. The number of nitrogens with zero attached hydrogens (tertiary/aromatic N) is 2. The molecule has 3 rings (SSSR count). The van der Waals surface area contributed by atoms with Crippen molar-refractivity contribution in [2.24, 2.45) is 0 Å². The Morgan fingerprint density at radius 3 is 2.32 bits per heavy atom. The van der Waals surface area contributed by atoms with E-state index in [1.165, 1.54) is 0 Å². The predicted molar refractivity (Wildman–Crippen MR) is 106 cm³/mol. The maximum Gasteiger partial charge on any atom is 0.335 e. The van der Waals surface area contributed by atoms with Crippen LogP contribution in [-0.2, 0) is 16.1 Å². The first-order valence-corrected chi connectivity index (χ1v) is 9.18. The van der Waals surface area contributed by atoms with Gasteiger partial charge in [0.2, 0.25) is 0 Å². The van der Waals surface area contributed by atoms with E-state index in [0.29, 0.717) is 18.0 Å². The highest BCUT2D eigenvalue weighted by Crippen LogP contribution is 2.25. The molecule has 28 heavy (non-hydrogen) atoms. The van der Waals surface area contributed by atoms with Crippen LogP contribution in [-0.4, -0.2) is 29.0 Å². The highest BCUT2D eigenvalue weighted by atomic mass is 16.5. The number of nitrogens with one attached hydrogen (secondary N) is 1. The monoisotopic (exact) mass is 381 g/mol. The third kappa shape index (κ3) is 3.43. The van der Waals surface area contributed by atoms with Crippen LogP contribution < -0.4 is 15.0 Å². The van der Waals surface area contributed by atoms with E-state index < -0.39 is 17.8 Å². The Labute approximate surface area is 163 Å². The van der Waals surface area contributed by atoms with Gasteiger partial charge in [0.15, 0.2) is 0 Å². The Bertz CT molecular complexity index is 970. The zero-order valence-corrected chi connectivity index (χ0v) is 16.4. The number of carbonyl (C=O) groups excluding carboxylic acids is 3. The molecule has 1 N–H and O–H groups in total. The predicted octanol–water partition coefficient (Wildman–Crippen LogP) is 3.19. The van der Waals surface area contributed by atoms with E-state index in [-0.39, 0.29) is 5.57 Å². The molecule has 1 fully saturated rings. The van der Waals surface area contributed by atoms with Crippen molar-refractivity contribution in [3.63, 3.8) is 0 Å². The number of hydrogen-bond donors (Lipinski definition) is 1. The summed E-state index contributed by atoms with van der Waals surface area (Å²) in [6.07, 6.45) is 1.54. The normalized spacial score (nSPS) is 15.9. The van der Waals surface area contributed by atoms with Gasteiger partial charge in [-0.05, 0) is 69.7 Å². The van der Waals surface area contributed by atoms with Crippen molar-refractivity contribution < 1.29 is 19.1 Å². The van der Waals surface area contributed by atoms with Crippen LogP contribution in [0.5, 0.6) is 5.75 Å². The molecule has 0 aliphatic carbocycles. The Hall–Kier alpha value is -3.35. The van der Waals surface area contributed by atoms with Crippen molar-refractivity contribution in [1.82, 2.24) is 9.88 Å². The second kappa shape index (κ2) is 7.72. The highest BCUT2D eigenvalue weighted by Gasteiger charge is 2.37. The number of imide groups is 2. The lowest BCUT2D eigenvalue weighted by atomic mass is 10.1. The van der Waals surface area contributed by atoms with Gasteiger partial charge in [-0.15, -0.1) is 0 Å². The Kier molecular flexibility index (Phi) is 5.35. The summed E-state index contributed by atoms with van der Waals surface area (Å²) >= 11 is 0. The molecule has 1 aliphatic heterocycles. The van der Waals surface area contributed by atoms with E-state index in [0.717, 1.165) is 28.4 Å². The molecule has 7 heteroatoms. The second-order valence-corrected chi connectivity index (χ2v) is 6.46. The Morgan fingerprint density at radius 1 is 1.07 bits per heavy atom. The molecule has 1 aromatic heterocycles. The van der Waals surface area contributed by atoms with E-state index >= 15 is 0 Å². The fourth-order valence-corrected chi connectivity index (χ4v) is 3.37. The van der Waals surface area contributed by atoms with Crippen molar-refractivity contribution in [2.75, 3.05) is 11.5 Å². The number of carbonyl (C=O) groups is 3. The minimum absolute atomic E-state index is 0.0789. The standard InChI is InChI=1S/C21H23N3O4/c1-5-23-13(3)11-15(14(23)4)12-18-19(25)22-21(27)24(20(18)26)16-7-9-17(10-8-16)28-6-2/h7-12H,5-6H2,1-4H3,(H,22,25,27)/b18-12+. The summed E-state index contributed by atoms with van der Waals surface area (Å²) in [7, 11) is 0. The number of benzene rings is 1. The Balaban J connectivity index is 1.98. The van der Waals surface area contributed by atoms with Crippen LogP contribution >= 0.6 is 0 Å². The van der Waals surface area contributed by atoms with Gasteiger partial charge in [-0.25, -0.2) is 9.69 Å². The van der Waals surface area contributed by atoms with Crippen LogP contribution in [0.3, 0.4) is 0 Å². The zero-order valence-electron chi connectivity index (χ0n) is 16.4. The number of ether oxygens (including phenoxy) is 1. The third-order valence-electron chi connectivity index (χ3n) is 4.74. The van der Waals surface area contributed by atoms with Gasteiger partial charge >= 0.3 is 6.03 Å². The fraction of sp³-hybridized carbons (Fsp3) is 0.286. The lowest BCUT2D eigenvalue weighted by Crippen LogP contribution is -2.54. The van der Waals surface area contributed by atoms with Gasteiger partial charge in [-0.2, -0.15) is 0 Å². The van der Waals surface area contributed by atoms with Crippen molar-refractivity contribution in [2.45, 2.75) is 34.2 Å². The van der Waals surface area contributed by atoms with Crippen molar-refractivity contribution >= 4 is 29.6 Å². The summed E-state index contributed by atoms with van der Waals surface area (Å²) in [6, 6.07) is 7.72. The highest BCUT2D eigenvalue weighted by molar-refractivity contribution is 6.39. The van der Waals surface area contributed by atoms with Gasteiger partial charge in [0, 0.05) is 17.9 Å². The summed E-state index contributed by atoms with van der Waals surface area (Å²) in [5, 5.41) is 2.24. The number of aromatic nitrogens is 1. The molecule has 146 valence electrons. The Morgan fingerprint density at radius 2 is 1.75 bits per heavy atom. The van der Waals surface area contributed by atoms with Gasteiger partial charge in [0.05, 0.1) is 12.3 Å². The maximum atomic E-state index is 13.0. The molecule has 2 heterocycles. The summed E-state index contributed by atoms with van der Waals surface area (Å²) in [4.78, 5) is 38.6. The average Bonchev–Trinajstić information content (AvgIpc) is 2.93. The number of aryl methyl sites for hydroxylation is 1. The molecular weight excluding hydrogens is 358 g/mol. The van der Waals surface area contributed by atoms with Crippen LogP contribution in [0, 0.1) is 13.8 Å². The van der Waals surface area contributed by atoms with Crippen LogP contribution in [0.15, 0.2) is 35.9 Å². The van der Waals surface area contributed by atoms with E-state index in [2.05, 4.69) is 9.88 Å². The van der Waals surface area contributed by atoms with E-state index in [1.807, 2.05) is 33.8 Å². The lowest BCUT2D eigenvalue weighted by Gasteiger charge is -2.26. The summed E-state index contributed by atoms with van der Waals surface area (Å²) in [5.74, 6) is -0.715. The quantitative estimate of drug-likeness (QED) is 0.637. The lowest BCUT2D eigenvalue weighted by molar-refractivity contribution is -0.122. The molecule has 0 bridgehead atoms. The smallest absolute Gasteiger partial charge is 0.335 e. The molecular formula is C21H23N3O4. The van der Waals surface area contributed by atoms with Gasteiger partial charge in [0.25, 0.3) is 11.8 Å². The molecule has 1 aromatic carbocycles. The number of hydrogen-bond acceptors (Lipinski definition) is 4. The summed E-state index contributed by atoms with van der Waals surface area (Å²) in [5.41, 5.74) is 3.06. The van der Waals surface area contributed by atoms with Crippen LogP contribution in [0.2, 0.25) is 0 Å². The van der Waals surface area contributed by atoms with Crippen molar-refractivity contribution in [3.05, 3.63) is 52.9 Å². The molecule has 1 saturated heterocycles. The van der Waals surface area contributed by atoms with E-state index in [4.69, 9.17) is 4.74 Å². The minimum Gasteiger partial charge on any atom is -0.494 e. The van der Waals surface area contributed by atoms with Gasteiger partial charge in [-0.1, -0.05) is 0 Å². The second-order valence-electron chi connectivity index (χ2n) is 6.46. The molecule has 0 unspecified atom stereocenters. The van der Waals surface area contributed by atoms with Crippen LogP contribution in [0.1, 0.15) is 30.8 Å². The maximum absolute atomic E-state index is 13.0. The largest absolute Gasteiger partial charge is 0.494 e. The third-order valence-corrected chi connectivity index (χ3v) is 4.74. The summed E-state index contributed by atoms with van der Waals surface area (Å²) < 4.78 is 7.47. The van der Waals surface area contributed by atoms with E-state index in [1.54, 1.807) is 30.3 Å². The van der Waals surface area contributed by atoms with Gasteiger partial charge in [-0.3, -0.25) is 14.9 Å². The molecule has 4 amide bonds. The number of anilines is 1. The zero-order chi connectivity index (χ0) is 20.4. The van der Waals surface area contributed by atoms with E-state index in [9.17, 15) is 14.4 Å². The molecule has 0 atom stereocenters. The van der Waals surface area contributed by atoms with Crippen LogP contribution in [0.25, 0.3) is 6.08 Å². The molecule has 7 nitrogen and oxygen atoms in total. The molecule has 1 aliphatic rings. The number of barbiturate groups is 1. The first kappa shape index (κ1) is 19.4. The first-order valence-electron chi connectivity index (χ1n) is 9.18. The SMILES string of the molecule is CCOc1ccc(N2C(=O)NC(=O)/C(=C\c3cc(C)n(CC)c3C)C2=O)cc1. The van der Waals surface area contributed by atoms with Crippen LogP contribution in [0.4, 0.5) is 10.5 Å². The fourth-order valence-electron chi connectivity index (χ4n) is 3.37. The average molecular weight is 381 g/mol. The van der Waals surface area contributed by atoms with Gasteiger partial charge < -0.3 is 9.30 Å². The number of amides is 4. The summed E-state index contributed by atoms with van der Waals surface area (Å²) in [6.45, 7) is 9.10. The topological polar surface area (TPSA) is 80.6 Å². The molecule has 2 aromatic rings. The number of rotatable bonds is 5. The molecule has 0 spiro atoms.